The van der Waals surface area contributed by atoms with Gasteiger partial charge < -0.3 is 14.7 Å². The van der Waals surface area contributed by atoms with E-state index in [4.69, 9.17) is 4.74 Å². The molecule has 0 radical (unpaired) electrons. The van der Waals surface area contributed by atoms with Crippen molar-refractivity contribution in [2.45, 2.75) is 32.4 Å². The van der Waals surface area contributed by atoms with Crippen LogP contribution < -0.4 is 9.64 Å². The zero-order valence-corrected chi connectivity index (χ0v) is 13.6. The van der Waals surface area contributed by atoms with Crippen molar-refractivity contribution in [1.29, 1.82) is 0 Å². The molecule has 0 bridgehead atoms. The van der Waals surface area contributed by atoms with Gasteiger partial charge in [-0.2, -0.15) is 0 Å². The molecule has 7 heteroatoms. The Morgan fingerprint density at radius 3 is 2.75 bits per heavy atom. The Kier molecular flexibility index (Phi) is 4.24. The van der Waals surface area contributed by atoms with Crippen LogP contribution >= 0.6 is 0 Å². The van der Waals surface area contributed by atoms with Crippen LogP contribution in [0.3, 0.4) is 0 Å². The number of phenols is 1. The van der Waals surface area contributed by atoms with Gasteiger partial charge in [-0.1, -0.05) is 6.07 Å². The highest BCUT2D eigenvalue weighted by Gasteiger charge is 2.31. The van der Waals surface area contributed by atoms with E-state index in [2.05, 4.69) is 9.88 Å². The van der Waals surface area contributed by atoms with Crippen LogP contribution in [0.4, 0.5) is 11.5 Å². The van der Waals surface area contributed by atoms with E-state index in [9.17, 15) is 15.2 Å². The van der Waals surface area contributed by atoms with Gasteiger partial charge in [0.15, 0.2) is 11.5 Å². The summed E-state index contributed by atoms with van der Waals surface area (Å²) < 4.78 is 5.15. The third-order valence-corrected chi connectivity index (χ3v) is 4.14. The first-order valence-corrected chi connectivity index (χ1v) is 7.73. The van der Waals surface area contributed by atoms with E-state index in [0.29, 0.717) is 23.9 Å². The van der Waals surface area contributed by atoms with Crippen LogP contribution in [0.1, 0.15) is 24.0 Å². The summed E-state index contributed by atoms with van der Waals surface area (Å²) in [6.45, 7) is 2.32. The molecule has 0 atom stereocenters. The van der Waals surface area contributed by atoms with Gasteiger partial charge in [-0.15, -0.1) is 0 Å². The number of benzene rings is 1. The van der Waals surface area contributed by atoms with Gasteiger partial charge in [0.1, 0.15) is 12.0 Å². The quantitative estimate of drug-likeness (QED) is 0.647. The number of nitrogens with zero attached hydrogens (tertiary/aromatic N) is 3. The van der Waals surface area contributed by atoms with Gasteiger partial charge in [0.05, 0.1) is 12.0 Å². The van der Waals surface area contributed by atoms with E-state index in [1.54, 1.807) is 25.1 Å². The van der Waals surface area contributed by atoms with Crippen molar-refractivity contribution in [3.05, 3.63) is 51.7 Å². The summed E-state index contributed by atoms with van der Waals surface area (Å²) in [6, 6.07) is 7.38. The number of ether oxygens (including phenoxy) is 1. The van der Waals surface area contributed by atoms with Gasteiger partial charge in [-0.25, -0.2) is 4.98 Å². The average Bonchev–Trinajstić information content (AvgIpc) is 3.38. The minimum atomic E-state index is -0.418. The molecule has 126 valence electrons. The van der Waals surface area contributed by atoms with E-state index in [1.165, 1.54) is 13.3 Å². The van der Waals surface area contributed by atoms with Crippen LogP contribution in [0, 0.1) is 17.0 Å². The third kappa shape index (κ3) is 3.24. The Balaban J connectivity index is 1.88. The first-order chi connectivity index (χ1) is 11.5. The number of rotatable bonds is 6. The van der Waals surface area contributed by atoms with Gasteiger partial charge in [-0.05, 0) is 43.5 Å². The number of aromatic nitrogens is 1. The number of anilines is 1. The van der Waals surface area contributed by atoms with Gasteiger partial charge in [-0.3, -0.25) is 10.1 Å². The average molecular weight is 329 g/mol. The lowest BCUT2D eigenvalue weighted by atomic mass is 10.1. The zero-order chi connectivity index (χ0) is 17.3. The van der Waals surface area contributed by atoms with Crippen LogP contribution in [0.25, 0.3) is 0 Å². The number of hydrogen-bond acceptors (Lipinski definition) is 6. The smallest absolute Gasteiger partial charge is 0.290 e. The molecule has 1 aliphatic rings. The first kappa shape index (κ1) is 16.0. The molecule has 1 heterocycles. The maximum atomic E-state index is 11.0. The maximum Gasteiger partial charge on any atom is 0.290 e. The summed E-state index contributed by atoms with van der Waals surface area (Å²) in [5.74, 6) is 1.26. The summed E-state index contributed by atoms with van der Waals surface area (Å²) in [7, 11) is 1.51. The second-order valence-corrected chi connectivity index (χ2v) is 5.95. The number of hydrogen-bond donors (Lipinski definition) is 1. The SMILES string of the molecule is COc1cc(CN(c2cc(C)c([N+](=O)[O-])cn2)C2CC2)ccc1O. The lowest BCUT2D eigenvalue weighted by Gasteiger charge is -2.24. The number of nitro groups is 1. The van der Waals surface area contributed by atoms with E-state index in [1.807, 2.05) is 6.07 Å². The molecule has 1 N–H and O–H groups in total. The molecule has 0 aliphatic heterocycles. The Morgan fingerprint density at radius 1 is 1.42 bits per heavy atom. The number of aromatic hydroxyl groups is 1. The molecule has 1 fully saturated rings. The standard InChI is InChI=1S/C17H19N3O4/c1-11-7-17(18-9-14(11)20(22)23)19(13-4-5-13)10-12-3-6-15(21)16(8-12)24-2/h3,6-9,13,21H,4-5,10H2,1-2H3. The van der Waals surface area contributed by atoms with Crippen molar-refractivity contribution < 1.29 is 14.8 Å². The summed E-state index contributed by atoms with van der Waals surface area (Å²) in [5.41, 5.74) is 1.61. The molecule has 0 saturated heterocycles. The van der Waals surface area contributed by atoms with E-state index >= 15 is 0 Å². The van der Waals surface area contributed by atoms with Gasteiger partial charge in [0, 0.05) is 18.2 Å². The van der Waals surface area contributed by atoms with E-state index < -0.39 is 4.92 Å². The summed E-state index contributed by atoms with van der Waals surface area (Å²) >= 11 is 0. The zero-order valence-electron chi connectivity index (χ0n) is 13.6. The lowest BCUT2D eigenvalue weighted by molar-refractivity contribution is -0.385. The predicted octanol–water partition coefficient (Wildman–Crippen LogP) is 3.18. The van der Waals surface area contributed by atoms with Crippen LogP contribution in [0.5, 0.6) is 11.5 Å². The van der Waals surface area contributed by atoms with Crippen molar-refractivity contribution in [1.82, 2.24) is 4.98 Å². The fourth-order valence-electron chi connectivity index (χ4n) is 2.68. The summed E-state index contributed by atoms with van der Waals surface area (Å²) in [5, 5.41) is 20.7. The maximum absolute atomic E-state index is 11.0. The number of pyridine rings is 1. The van der Waals surface area contributed by atoms with Crippen molar-refractivity contribution >= 4 is 11.5 Å². The van der Waals surface area contributed by atoms with Gasteiger partial charge in [0.2, 0.25) is 0 Å². The monoisotopic (exact) mass is 329 g/mol. The fraction of sp³-hybridized carbons (Fsp3) is 0.353. The molecule has 2 aromatic rings. The lowest BCUT2D eigenvalue weighted by Crippen LogP contribution is -2.26. The molecule has 1 saturated carbocycles. The number of phenolic OH excluding ortho intramolecular Hbond substituents is 1. The molecule has 0 unspecified atom stereocenters. The molecule has 1 aromatic heterocycles. The number of methoxy groups -OCH3 is 1. The van der Waals surface area contributed by atoms with E-state index in [-0.39, 0.29) is 11.4 Å². The summed E-state index contributed by atoms with van der Waals surface area (Å²) in [4.78, 5) is 17.0. The first-order valence-electron chi connectivity index (χ1n) is 7.73. The second kappa shape index (κ2) is 6.35. The Morgan fingerprint density at radius 2 is 2.17 bits per heavy atom. The van der Waals surface area contributed by atoms with Crippen LogP contribution in [-0.2, 0) is 6.54 Å². The molecule has 24 heavy (non-hydrogen) atoms. The van der Waals surface area contributed by atoms with Crippen LogP contribution in [0.2, 0.25) is 0 Å². The summed E-state index contributed by atoms with van der Waals surface area (Å²) in [6.07, 6.45) is 3.47. The molecule has 7 nitrogen and oxygen atoms in total. The highest BCUT2D eigenvalue weighted by molar-refractivity contribution is 5.51. The third-order valence-electron chi connectivity index (χ3n) is 4.14. The minimum absolute atomic E-state index is 0.0285. The Bertz CT molecular complexity index is 774. The molecule has 3 rings (SSSR count). The normalized spacial score (nSPS) is 13.6. The topological polar surface area (TPSA) is 88.7 Å². The van der Waals surface area contributed by atoms with E-state index in [0.717, 1.165) is 24.2 Å². The molecule has 0 spiro atoms. The van der Waals surface area contributed by atoms with Crippen LogP contribution in [-0.4, -0.2) is 28.2 Å². The highest BCUT2D eigenvalue weighted by Crippen LogP contribution is 2.35. The second-order valence-electron chi connectivity index (χ2n) is 5.95. The van der Waals surface area contributed by atoms with Gasteiger partial charge in [0.25, 0.3) is 5.69 Å². The fourth-order valence-corrected chi connectivity index (χ4v) is 2.68. The molecular weight excluding hydrogens is 310 g/mol. The Labute approximate surface area is 139 Å². The minimum Gasteiger partial charge on any atom is -0.504 e. The van der Waals surface area contributed by atoms with Gasteiger partial charge >= 0.3 is 0 Å². The predicted molar refractivity (Wildman–Crippen MR) is 89.5 cm³/mol. The molecule has 1 aromatic carbocycles. The van der Waals surface area contributed by atoms with Crippen LogP contribution in [0.15, 0.2) is 30.5 Å². The highest BCUT2D eigenvalue weighted by atomic mass is 16.6. The number of aryl methyl sites for hydroxylation is 1. The largest absolute Gasteiger partial charge is 0.504 e. The molecule has 0 amide bonds. The van der Waals surface area contributed by atoms with Crippen molar-refractivity contribution in [3.8, 4) is 11.5 Å². The van der Waals surface area contributed by atoms with Crippen molar-refractivity contribution in [2.24, 2.45) is 0 Å². The molecular formula is C17H19N3O4. The molecule has 1 aliphatic carbocycles. The van der Waals surface area contributed by atoms with Crippen molar-refractivity contribution in [2.75, 3.05) is 12.0 Å². The van der Waals surface area contributed by atoms with Crippen molar-refractivity contribution in [3.63, 3.8) is 0 Å². The Hall–Kier alpha value is -2.83.